The monoisotopic (exact) mass is 457 g/mol. The summed E-state index contributed by atoms with van der Waals surface area (Å²) < 4.78 is 0. The number of amides is 2. The largest absolute Gasteiger partial charge is 0.352 e. The van der Waals surface area contributed by atoms with Crippen LogP contribution in [0.4, 0.5) is 0 Å². The lowest BCUT2D eigenvalue weighted by Gasteiger charge is -2.32. The number of nitrogens with zero attached hydrogens (tertiary/aromatic N) is 2. The molecular weight excluding hydrogens is 422 g/mol. The molecule has 1 N–H and O–H groups in total. The third-order valence-corrected chi connectivity index (χ3v) is 6.96. The van der Waals surface area contributed by atoms with E-state index in [4.69, 9.17) is 0 Å². The summed E-state index contributed by atoms with van der Waals surface area (Å²) in [5, 5.41) is 5.17. The molecule has 0 spiro atoms. The van der Waals surface area contributed by atoms with E-state index in [1.807, 2.05) is 53.4 Å². The van der Waals surface area contributed by atoms with Gasteiger partial charge in [-0.25, -0.2) is 0 Å². The Hall–Kier alpha value is -3.18. The summed E-state index contributed by atoms with van der Waals surface area (Å²) in [6.07, 6.45) is 1.65. The molecule has 0 saturated carbocycles. The first-order valence-corrected chi connectivity index (χ1v) is 12.4. The van der Waals surface area contributed by atoms with E-state index < -0.39 is 0 Å². The van der Waals surface area contributed by atoms with Crippen LogP contribution in [-0.2, 0) is 17.9 Å². The van der Waals surface area contributed by atoms with Crippen molar-refractivity contribution in [3.63, 3.8) is 0 Å². The number of carbonyl (C=O) groups is 2. The van der Waals surface area contributed by atoms with E-state index >= 15 is 0 Å². The van der Waals surface area contributed by atoms with E-state index in [0.29, 0.717) is 25.2 Å². The Balaban J connectivity index is 1.40. The average molecular weight is 458 g/mol. The van der Waals surface area contributed by atoms with Gasteiger partial charge in [-0.1, -0.05) is 74.5 Å². The zero-order chi connectivity index (χ0) is 23.9. The van der Waals surface area contributed by atoms with Crippen molar-refractivity contribution in [3.8, 4) is 0 Å². The highest BCUT2D eigenvalue weighted by atomic mass is 16.2. The molecule has 1 atom stereocenters. The molecule has 2 amide bonds. The normalized spacial score (nSPS) is 16.1. The van der Waals surface area contributed by atoms with E-state index in [2.05, 4.69) is 42.3 Å². The van der Waals surface area contributed by atoms with Crippen LogP contribution < -0.4 is 5.32 Å². The molecule has 0 aliphatic carbocycles. The summed E-state index contributed by atoms with van der Waals surface area (Å²) >= 11 is 0. The first-order chi connectivity index (χ1) is 16.6. The molecule has 1 aliphatic heterocycles. The van der Waals surface area contributed by atoms with Gasteiger partial charge in [-0.3, -0.25) is 14.5 Å². The number of hydrogen-bond acceptors (Lipinski definition) is 3. The molecule has 1 saturated heterocycles. The maximum Gasteiger partial charge on any atom is 0.254 e. The second-order valence-electron chi connectivity index (χ2n) is 9.06. The highest BCUT2D eigenvalue weighted by molar-refractivity contribution is 6.07. The zero-order valence-corrected chi connectivity index (χ0v) is 20.3. The summed E-state index contributed by atoms with van der Waals surface area (Å²) in [4.78, 5) is 30.7. The van der Waals surface area contributed by atoms with Gasteiger partial charge < -0.3 is 10.2 Å². The lowest BCUT2D eigenvalue weighted by atomic mass is 9.95. The quantitative estimate of drug-likeness (QED) is 0.526. The van der Waals surface area contributed by atoms with Crippen molar-refractivity contribution in [1.82, 2.24) is 15.1 Å². The van der Waals surface area contributed by atoms with Crippen LogP contribution in [0.5, 0.6) is 0 Å². The molecule has 4 rings (SSSR count). The van der Waals surface area contributed by atoms with Crippen LogP contribution in [0, 0.1) is 5.92 Å². The van der Waals surface area contributed by atoms with Crippen molar-refractivity contribution in [3.05, 3.63) is 83.4 Å². The van der Waals surface area contributed by atoms with Gasteiger partial charge in [-0.15, -0.1) is 0 Å². The molecule has 0 bridgehead atoms. The van der Waals surface area contributed by atoms with Gasteiger partial charge in [0, 0.05) is 31.7 Å². The number of nitrogens with one attached hydrogen (secondary N) is 1. The van der Waals surface area contributed by atoms with Crippen molar-refractivity contribution in [2.24, 2.45) is 5.92 Å². The van der Waals surface area contributed by atoms with Gasteiger partial charge in [0.05, 0.1) is 5.92 Å². The minimum absolute atomic E-state index is 0.0128. The van der Waals surface area contributed by atoms with Gasteiger partial charge >= 0.3 is 0 Å². The van der Waals surface area contributed by atoms with Gasteiger partial charge in [-0.2, -0.15) is 0 Å². The molecule has 5 nitrogen and oxygen atoms in total. The maximum absolute atomic E-state index is 13.4. The summed E-state index contributed by atoms with van der Waals surface area (Å²) in [6.45, 7) is 8.90. The van der Waals surface area contributed by atoms with Gasteiger partial charge in [0.25, 0.3) is 5.91 Å². The van der Waals surface area contributed by atoms with Crippen molar-refractivity contribution in [2.45, 2.75) is 39.8 Å². The van der Waals surface area contributed by atoms with E-state index in [1.54, 1.807) is 0 Å². The van der Waals surface area contributed by atoms with E-state index in [9.17, 15) is 9.59 Å². The second-order valence-corrected chi connectivity index (χ2v) is 9.06. The SMILES string of the molecule is CCN(CC)Cc1ccccc1CNC(=O)C1CCCN(C(=O)c2cccc3ccccc23)C1. The molecule has 0 aromatic heterocycles. The molecule has 178 valence electrons. The Labute approximate surface area is 202 Å². The van der Waals surface area contributed by atoms with E-state index in [0.717, 1.165) is 48.8 Å². The molecule has 34 heavy (non-hydrogen) atoms. The minimum Gasteiger partial charge on any atom is -0.352 e. The van der Waals surface area contributed by atoms with Crippen LogP contribution >= 0.6 is 0 Å². The Morgan fingerprint density at radius 1 is 0.941 bits per heavy atom. The highest BCUT2D eigenvalue weighted by Crippen LogP contribution is 2.24. The predicted molar refractivity (Wildman–Crippen MR) is 137 cm³/mol. The van der Waals surface area contributed by atoms with Gasteiger partial charge in [0.2, 0.25) is 5.91 Å². The van der Waals surface area contributed by atoms with Crippen molar-refractivity contribution in [2.75, 3.05) is 26.2 Å². The number of hydrogen-bond donors (Lipinski definition) is 1. The zero-order valence-electron chi connectivity index (χ0n) is 20.3. The van der Waals surface area contributed by atoms with Gasteiger partial charge in [-0.05, 0) is 53.9 Å². The lowest BCUT2D eigenvalue weighted by molar-refractivity contribution is -0.126. The fourth-order valence-electron chi connectivity index (χ4n) is 4.86. The fourth-order valence-corrected chi connectivity index (χ4v) is 4.86. The standard InChI is InChI=1S/C29H35N3O2/c1-3-31(4-2)20-24-13-6-5-12-23(24)19-30-28(33)25-15-10-18-32(21-25)29(34)27-17-9-14-22-11-7-8-16-26(22)27/h5-9,11-14,16-17,25H,3-4,10,15,18-21H2,1-2H3,(H,30,33). The molecular formula is C29H35N3O2. The van der Waals surface area contributed by atoms with E-state index in [-0.39, 0.29) is 17.7 Å². The summed E-state index contributed by atoms with van der Waals surface area (Å²) in [5.41, 5.74) is 3.12. The number of rotatable bonds is 8. The number of likely N-dealkylation sites (tertiary alicyclic amines) is 1. The molecule has 3 aromatic rings. The molecule has 1 aliphatic rings. The molecule has 1 fully saturated rings. The van der Waals surface area contributed by atoms with Crippen LogP contribution in [0.1, 0.15) is 48.2 Å². The topological polar surface area (TPSA) is 52.7 Å². The van der Waals surface area contributed by atoms with Crippen molar-refractivity contribution >= 4 is 22.6 Å². The Bertz CT molecular complexity index is 1130. The van der Waals surface area contributed by atoms with Crippen molar-refractivity contribution in [1.29, 1.82) is 0 Å². The summed E-state index contributed by atoms with van der Waals surface area (Å²) in [5.74, 6) is -0.130. The first-order valence-electron chi connectivity index (χ1n) is 12.4. The highest BCUT2D eigenvalue weighted by Gasteiger charge is 2.29. The Kier molecular flexibility index (Phi) is 7.96. The lowest BCUT2D eigenvalue weighted by Crippen LogP contribution is -2.45. The average Bonchev–Trinajstić information content (AvgIpc) is 2.90. The number of benzene rings is 3. The molecule has 5 heteroatoms. The van der Waals surface area contributed by atoms with Crippen LogP contribution in [0.15, 0.2) is 66.7 Å². The van der Waals surface area contributed by atoms with Crippen LogP contribution in [0.25, 0.3) is 10.8 Å². The smallest absolute Gasteiger partial charge is 0.254 e. The van der Waals surface area contributed by atoms with Crippen LogP contribution in [-0.4, -0.2) is 47.8 Å². The van der Waals surface area contributed by atoms with Gasteiger partial charge in [0.15, 0.2) is 0 Å². The number of fused-ring (bicyclic) bond motifs is 1. The molecule has 1 heterocycles. The third-order valence-electron chi connectivity index (χ3n) is 6.96. The maximum atomic E-state index is 13.4. The van der Waals surface area contributed by atoms with Crippen molar-refractivity contribution < 1.29 is 9.59 Å². The Morgan fingerprint density at radius 3 is 2.44 bits per heavy atom. The fraction of sp³-hybridized carbons (Fsp3) is 0.379. The first kappa shape index (κ1) is 24.0. The van der Waals surface area contributed by atoms with Crippen LogP contribution in [0.3, 0.4) is 0 Å². The number of piperidine rings is 1. The summed E-state index contributed by atoms with van der Waals surface area (Å²) in [7, 11) is 0. The molecule has 1 unspecified atom stereocenters. The number of carbonyl (C=O) groups excluding carboxylic acids is 2. The third kappa shape index (κ3) is 5.48. The van der Waals surface area contributed by atoms with E-state index in [1.165, 1.54) is 5.56 Å². The Morgan fingerprint density at radius 2 is 1.65 bits per heavy atom. The van der Waals surface area contributed by atoms with Gasteiger partial charge in [0.1, 0.15) is 0 Å². The predicted octanol–water partition coefficient (Wildman–Crippen LogP) is 4.85. The minimum atomic E-state index is -0.178. The summed E-state index contributed by atoms with van der Waals surface area (Å²) in [6, 6.07) is 22.1. The van der Waals surface area contributed by atoms with Crippen LogP contribution in [0.2, 0.25) is 0 Å². The molecule has 0 radical (unpaired) electrons. The second kappa shape index (κ2) is 11.3. The molecule has 3 aromatic carbocycles.